The molecule has 1 heteroatoms. The van der Waals surface area contributed by atoms with Crippen molar-refractivity contribution < 1.29 is 0 Å². The first-order valence-electron chi connectivity index (χ1n) is 4.32. The van der Waals surface area contributed by atoms with Gasteiger partial charge in [0.15, 0.2) is 0 Å². The lowest BCUT2D eigenvalue weighted by molar-refractivity contribution is 0.227. The Labute approximate surface area is 74.6 Å². The third-order valence-electron chi connectivity index (χ3n) is 2.46. The number of rotatable bonds is 0. The Hall–Kier alpha value is 0.0300. The van der Waals surface area contributed by atoms with E-state index in [4.69, 9.17) is 11.6 Å². The minimum absolute atomic E-state index is 0.253. The van der Waals surface area contributed by atoms with Crippen molar-refractivity contribution >= 4 is 11.6 Å². The molecule has 64 valence electrons. The Morgan fingerprint density at radius 1 is 1.36 bits per heavy atom. The predicted octanol–water partition coefficient (Wildman–Crippen LogP) is 3.61. The molecule has 0 nitrogen and oxygen atoms in total. The van der Waals surface area contributed by atoms with Gasteiger partial charge in [-0.05, 0) is 24.2 Å². The van der Waals surface area contributed by atoms with E-state index < -0.39 is 0 Å². The SMILES string of the molecule is CC(C)(C)[C@@H]1CCC=C[C@H]1Cl. The standard InChI is InChI=1S/C10H17Cl/c1-10(2,3)8-6-4-5-7-9(8)11/h5,7-9H,4,6H2,1-3H3/t8-,9-/m1/s1. The van der Waals surface area contributed by atoms with Crippen LogP contribution in [0.3, 0.4) is 0 Å². The molecule has 0 unspecified atom stereocenters. The van der Waals surface area contributed by atoms with Crippen molar-refractivity contribution in [1.29, 1.82) is 0 Å². The molecular formula is C10H17Cl. The van der Waals surface area contributed by atoms with Gasteiger partial charge < -0.3 is 0 Å². The van der Waals surface area contributed by atoms with Crippen LogP contribution in [0.2, 0.25) is 0 Å². The third kappa shape index (κ3) is 2.23. The molecule has 0 aromatic rings. The van der Waals surface area contributed by atoms with Crippen molar-refractivity contribution in [1.82, 2.24) is 0 Å². The first-order chi connectivity index (χ1) is 5.02. The zero-order chi connectivity index (χ0) is 8.48. The van der Waals surface area contributed by atoms with E-state index in [0.29, 0.717) is 11.3 Å². The highest BCUT2D eigenvalue weighted by Gasteiger charge is 2.30. The van der Waals surface area contributed by atoms with Crippen LogP contribution in [0.15, 0.2) is 12.2 Å². The summed E-state index contributed by atoms with van der Waals surface area (Å²) >= 11 is 6.18. The maximum absolute atomic E-state index is 6.18. The van der Waals surface area contributed by atoms with Crippen LogP contribution in [-0.4, -0.2) is 5.38 Å². The Morgan fingerprint density at radius 2 is 2.00 bits per heavy atom. The monoisotopic (exact) mass is 172 g/mol. The zero-order valence-electron chi connectivity index (χ0n) is 7.60. The fraction of sp³-hybridized carbons (Fsp3) is 0.800. The second-order valence-corrected chi connectivity index (χ2v) is 4.93. The van der Waals surface area contributed by atoms with Gasteiger partial charge in [-0.3, -0.25) is 0 Å². The average Bonchev–Trinajstić information content (AvgIpc) is 1.86. The lowest BCUT2D eigenvalue weighted by atomic mass is 9.74. The maximum Gasteiger partial charge on any atom is 0.0549 e. The van der Waals surface area contributed by atoms with Crippen molar-refractivity contribution in [2.24, 2.45) is 11.3 Å². The van der Waals surface area contributed by atoms with Crippen molar-refractivity contribution in [2.45, 2.75) is 39.0 Å². The quantitative estimate of drug-likeness (QED) is 0.387. The Morgan fingerprint density at radius 3 is 2.36 bits per heavy atom. The number of hydrogen-bond acceptors (Lipinski definition) is 0. The first kappa shape index (κ1) is 9.12. The van der Waals surface area contributed by atoms with Gasteiger partial charge in [-0.2, -0.15) is 0 Å². The molecule has 0 aliphatic heterocycles. The summed E-state index contributed by atoms with van der Waals surface area (Å²) in [7, 11) is 0. The summed E-state index contributed by atoms with van der Waals surface area (Å²) in [6, 6.07) is 0. The number of alkyl halides is 1. The molecule has 0 saturated heterocycles. The topological polar surface area (TPSA) is 0 Å². The van der Waals surface area contributed by atoms with Crippen molar-refractivity contribution in [3.63, 3.8) is 0 Å². The van der Waals surface area contributed by atoms with E-state index in [2.05, 4.69) is 32.9 Å². The molecule has 11 heavy (non-hydrogen) atoms. The van der Waals surface area contributed by atoms with Crippen LogP contribution in [0.5, 0.6) is 0 Å². The van der Waals surface area contributed by atoms with Gasteiger partial charge in [0.25, 0.3) is 0 Å². The van der Waals surface area contributed by atoms with Crippen LogP contribution in [0, 0.1) is 11.3 Å². The molecule has 0 fully saturated rings. The van der Waals surface area contributed by atoms with Crippen LogP contribution < -0.4 is 0 Å². The van der Waals surface area contributed by atoms with Gasteiger partial charge in [0, 0.05) is 0 Å². The van der Waals surface area contributed by atoms with Crippen molar-refractivity contribution in [3.05, 3.63) is 12.2 Å². The van der Waals surface area contributed by atoms with Gasteiger partial charge in [-0.1, -0.05) is 32.9 Å². The Bertz CT molecular complexity index is 153. The lowest BCUT2D eigenvalue weighted by Crippen LogP contribution is -2.29. The van der Waals surface area contributed by atoms with Crippen LogP contribution in [0.4, 0.5) is 0 Å². The van der Waals surface area contributed by atoms with E-state index in [1.54, 1.807) is 0 Å². The molecule has 0 radical (unpaired) electrons. The van der Waals surface area contributed by atoms with E-state index in [1.165, 1.54) is 12.8 Å². The predicted molar refractivity (Wildman–Crippen MR) is 51.0 cm³/mol. The molecule has 0 aromatic carbocycles. The highest BCUT2D eigenvalue weighted by molar-refractivity contribution is 6.22. The fourth-order valence-corrected chi connectivity index (χ4v) is 2.31. The van der Waals surface area contributed by atoms with E-state index in [1.807, 2.05) is 0 Å². The summed E-state index contributed by atoms with van der Waals surface area (Å²) in [5.41, 5.74) is 0.358. The molecule has 0 aromatic heterocycles. The van der Waals surface area contributed by atoms with E-state index in [9.17, 15) is 0 Å². The summed E-state index contributed by atoms with van der Waals surface area (Å²) in [6.45, 7) is 6.81. The first-order valence-corrected chi connectivity index (χ1v) is 4.76. The van der Waals surface area contributed by atoms with Gasteiger partial charge in [0.2, 0.25) is 0 Å². The Balaban J connectivity index is 2.65. The molecule has 1 aliphatic carbocycles. The van der Waals surface area contributed by atoms with E-state index in [0.717, 1.165) is 0 Å². The molecule has 0 N–H and O–H groups in total. The summed E-state index contributed by atoms with van der Waals surface area (Å²) in [6.07, 6.45) is 6.78. The van der Waals surface area contributed by atoms with Gasteiger partial charge >= 0.3 is 0 Å². The molecule has 0 saturated carbocycles. The number of halogens is 1. The smallest absolute Gasteiger partial charge is 0.0549 e. The Kier molecular flexibility index (Phi) is 2.64. The lowest BCUT2D eigenvalue weighted by Gasteiger charge is -2.34. The van der Waals surface area contributed by atoms with Crippen LogP contribution in [-0.2, 0) is 0 Å². The van der Waals surface area contributed by atoms with Crippen LogP contribution in [0.1, 0.15) is 33.6 Å². The third-order valence-corrected chi connectivity index (χ3v) is 2.91. The number of allylic oxidation sites excluding steroid dienone is 2. The van der Waals surface area contributed by atoms with E-state index in [-0.39, 0.29) is 5.38 Å². The van der Waals surface area contributed by atoms with Gasteiger partial charge in [0.05, 0.1) is 5.38 Å². The minimum Gasteiger partial charge on any atom is -0.118 e. The second kappa shape index (κ2) is 3.18. The van der Waals surface area contributed by atoms with Crippen molar-refractivity contribution in [3.8, 4) is 0 Å². The second-order valence-electron chi connectivity index (χ2n) is 4.42. The highest BCUT2D eigenvalue weighted by atomic mass is 35.5. The molecular weight excluding hydrogens is 156 g/mol. The normalized spacial score (nSPS) is 32.4. The van der Waals surface area contributed by atoms with Gasteiger partial charge in [-0.15, -0.1) is 11.6 Å². The summed E-state index contributed by atoms with van der Waals surface area (Å²) in [5.74, 6) is 0.647. The molecule has 0 spiro atoms. The molecule has 1 rings (SSSR count). The summed E-state index contributed by atoms with van der Waals surface area (Å²) in [5, 5.41) is 0.253. The molecule has 1 aliphatic rings. The van der Waals surface area contributed by atoms with Crippen molar-refractivity contribution in [2.75, 3.05) is 0 Å². The maximum atomic E-state index is 6.18. The molecule has 0 heterocycles. The fourth-order valence-electron chi connectivity index (χ4n) is 1.71. The van der Waals surface area contributed by atoms with E-state index >= 15 is 0 Å². The van der Waals surface area contributed by atoms with Crippen LogP contribution >= 0.6 is 11.6 Å². The molecule has 0 amide bonds. The zero-order valence-corrected chi connectivity index (χ0v) is 8.36. The summed E-state index contributed by atoms with van der Waals surface area (Å²) < 4.78 is 0. The highest BCUT2D eigenvalue weighted by Crippen LogP contribution is 2.37. The van der Waals surface area contributed by atoms with Gasteiger partial charge in [0.1, 0.15) is 0 Å². The molecule has 0 bridgehead atoms. The molecule has 2 atom stereocenters. The number of hydrogen-bond donors (Lipinski definition) is 0. The van der Waals surface area contributed by atoms with Gasteiger partial charge in [-0.25, -0.2) is 0 Å². The average molecular weight is 173 g/mol. The largest absolute Gasteiger partial charge is 0.118 e. The summed E-state index contributed by atoms with van der Waals surface area (Å²) in [4.78, 5) is 0. The minimum atomic E-state index is 0.253. The van der Waals surface area contributed by atoms with Crippen LogP contribution in [0.25, 0.3) is 0 Å².